The van der Waals surface area contributed by atoms with Crippen molar-refractivity contribution in [1.29, 1.82) is 0 Å². The summed E-state index contributed by atoms with van der Waals surface area (Å²) in [6.45, 7) is 0. The maximum Gasteiger partial charge on any atom is 0.365 e. The number of oxime groups is 1. The van der Waals surface area contributed by atoms with Gasteiger partial charge >= 0.3 is 11.9 Å². The number of nitrogens with two attached hydrogens (primary N) is 1. The standard InChI is InChI=1S/C16H13N3O6/c1-24-15(20)11-2-4-12(5-3-11)16(21)25-18-14(17)10-6-8-13(9-7-10)19(22)23/h2-9H,1H3,(H2,17,18). The molecule has 0 aliphatic heterocycles. The highest BCUT2D eigenvalue weighted by Gasteiger charge is 2.11. The molecule has 0 aliphatic rings. The third kappa shape index (κ3) is 4.38. The summed E-state index contributed by atoms with van der Waals surface area (Å²) in [5.74, 6) is -1.42. The molecule has 9 nitrogen and oxygen atoms in total. The zero-order chi connectivity index (χ0) is 18.4. The van der Waals surface area contributed by atoms with Crippen LogP contribution in [0, 0.1) is 10.1 Å². The van der Waals surface area contributed by atoms with Crippen molar-refractivity contribution in [2.75, 3.05) is 7.11 Å². The zero-order valence-corrected chi connectivity index (χ0v) is 13.0. The Bertz CT molecular complexity index is 828. The number of amidine groups is 1. The minimum Gasteiger partial charge on any atom is -0.465 e. The fraction of sp³-hybridized carbons (Fsp3) is 0.0625. The number of non-ortho nitro benzene ring substituents is 1. The van der Waals surface area contributed by atoms with Crippen LogP contribution in [0.3, 0.4) is 0 Å². The summed E-state index contributed by atoms with van der Waals surface area (Å²) in [4.78, 5) is 38.0. The predicted molar refractivity (Wildman–Crippen MR) is 87.0 cm³/mol. The van der Waals surface area contributed by atoms with E-state index < -0.39 is 16.9 Å². The zero-order valence-electron chi connectivity index (χ0n) is 13.0. The SMILES string of the molecule is COC(=O)c1ccc(C(=O)O/N=C(\N)c2ccc([N+](=O)[O-])cc2)cc1. The molecule has 0 radical (unpaired) electrons. The van der Waals surface area contributed by atoms with Crippen LogP contribution < -0.4 is 5.73 Å². The molecule has 2 N–H and O–H groups in total. The van der Waals surface area contributed by atoms with Gasteiger partial charge in [-0.15, -0.1) is 0 Å². The molecule has 2 aromatic carbocycles. The highest BCUT2D eigenvalue weighted by atomic mass is 16.7. The van der Waals surface area contributed by atoms with Gasteiger partial charge in [0.1, 0.15) is 0 Å². The molecule has 128 valence electrons. The van der Waals surface area contributed by atoms with E-state index in [-0.39, 0.29) is 22.6 Å². The summed E-state index contributed by atoms with van der Waals surface area (Å²) in [5.41, 5.74) is 6.38. The van der Waals surface area contributed by atoms with Crippen molar-refractivity contribution < 1.29 is 24.1 Å². The van der Waals surface area contributed by atoms with Crippen LogP contribution in [0.2, 0.25) is 0 Å². The van der Waals surface area contributed by atoms with Gasteiger partial charge in [-0.25, -0.2) is 9.59 Å². The number of esters is 1. The first-order valence-corrected chi connectivity index (χ1v) is 6.90. The molecule has 0 saturated heterocycles. The Labute approximate surface area is 141 Å². The number of ether oxygens (including phenoxy) is 1. The molecule has 2 aromatic rings. The van der Waals surface area contributed by atoms with E-state index >= 15 is 0 Å². The van der Waals surface area contributed by atoms with Gasteiger partial charge in [0.05, 0.1) is 23.2 Å². The molecule has 0 aromatic heterocycles. The van der Waals surface area contributed by atoms with Gasteiger partial charge < -0.3 is 15.3 Å². The van der Waals surface area contributed by atoms with Crippen LogP contribution in [0.1, 0.15) is 26.3 Å². The Kier molecular flexibility index (Phi) is 5.41. The van der Waals surface area contributed by atoms with E-state index in [4.69, 9.17) is 10.6 Å². The van der Waals surface area contributed by atoms with Gasteiger partial charge in [0.15, 0.2) is 5.84 Å². The Morgan fingerprint density at radius 2 is 1.44 bits per heavy atom. The third-order valence-corrected chi connectivity index (χ3v) is 3.14. The number of hydrogen-bond acceptors (Lipinski definition) is 7. The summed E-state index contributed by atoms with van der Waals surface area (Å²) in [6, 6.07) is 10.9. The smallest absolute Gasteiger partial charge is 0.365 e. The van der Waals surface area contributed by atoms with Gasteiger partial charge in [0.2, 0.25) is 0 Å². The van der Waals surface area contributed by atoms with Crippen molar-refractivity contribution in [3.63, 3.8) is 0 Å². The molecule has 0 aliphatic carbocycles. The number of nitro benzene ring substituents is 1. The molecule has 0 fully saturated rings. The number of nitro groups is 1. The van der Waals surface area contributed by atoms with Crippen molar-refractivity contribution in [3.8, 4) is 0 Å². The maximum absolute atomic E-state index is 11.9. The van der Waals surface area contributed by atoms with E-state index in [0.717, 1.165) is 0 Å². The lowest BCUT2D eigenvalue weighted by Crippen LogP contribution is -2.15. The number of hydrogen-bond donors (Lipinski definition) is 1. The van der Waals surface area contributed by atoms with Crippen molar-refractivity contribution >= 4 is 23.5 Å². The number of carbonyl (C=O) groups is 2. The Hall–Kier alpha value is -3.75. The second-order valence-electron chi connectivity index (χ2n) is 4.73. The lowest BCUT2D eigenvalue weighted by molar-refractivity contribution is -0.384. The molecule has 2 rings (SSSR count). The van der Waals surface area contributed by atoms with Crippen molar-refractivity contribution in [3.05, 3.63) is 75.3 Å². The first-order valence-electron chi connectivity index (χ1n) is 6.90. The van der Waals surface area contributed by atoms with Crippen molar-refractivity contribution in [1.82, 2.24) is 0 Å². The molecule has 9 heteroatoms. The van der Waals surface area contributed by atoms with Crippen molar-refractivity contribution in [2.24, 2.45) is 10.9 Å². The number of benzene rings is 2. The summed E-state index contributed by atoms with van der Waals surface area (Å²) in [6.07, 6.45) is 0. The van der Waals surface area contributed by atoms with E-state index in [0.29, 0.717) is 5.56 Å². The number of nitrogens with zero attached hydrogens (tertiary/aromatic N) is 2. The monoisotopic (exact) mass is 343 g/mol. The lowest BCUT2D eigenvalue weighted by Gasteiger charge is -2.02. The normalized spacial score (nSPS) is 10.8. The van der Waals surface area contributed by atoms with Gasteiger partial charge in [0.25, 0.3) is 5.69 Å². The first kappa shape index (κ1) is 17.6. The van der Waals surface area contributed by atoms with Crippen LogP contribution in [0.25, 0.3) is 0 Å². The second kappa shape index (κ2) is 7.68. The Morgan fingerprint density at radius 1 is 0.960 bits per heavy atom. The van der Waals surface area contributed by atoms with E-state index in [9.17, 15) is 19.7 Å². The molecule has 0 heterocycles. The van der Waals surface area contributed by atoms with Crippen LogP contribution in [0.5, 0.6) is 0 Å². The van der Waals surface area contributed by atoms with Crippen LogP contribution in [-0.4, -0.2) is 29.8 Å². The molecular formula is C16H13N3O6. The Morgan fingerprint density at radius 3 is 1.92 bits per heavy atom. The second-order valence-corrected chi connectivity index (χ2v) is 4.73. The van der Waals surface area contributed by atoms with E-state index in [1.54, 1.807) is 0 Å². The first-order chi connectivity index (χ1) is 11.9. The van der Waals surface area contributed by atoms with Crippen LogP contribution in [0.15, 0.2) is 53.7 Å². The minimum atomic E-state index is -0.777. The van der Waals surface area contributed by atoms with Gasteiger partial charge in [-0.1, -0.05) is 5.16 Å². The molecule has 0 spiro atoms. The van der Waals surface area contributed by atoms with Crippen LogP contribution in [-0.2, 0) is 9.57 Å². The largest absolute Gasteiger partial charge is 0.465 e. The quantitative estimate of drug-likeness (QED) is 0.219. The molecular weight excluding hydrogens is 330 g/mol. The van der Waals surface area contributed by atoms with Gasteiger partial charge in [-0.05, 0) is 36.4 Å². The highest BCUT2D eigenvalue weighted by Crippen LogP contribution is 2.12. The fourth-order valence-corrected chi connectivity index (χ4v) is 1.81. The molecule has 0 atom stereocenters. The summed E-state index contributed by atoms with van der Waals surface area (Å²) >= 11 is 0. The van der Waals surface area contributed by atoms with E-state index in [2.05, 4.69) is 9.89 Å². The number of methoxy groups -OCH3 is 1. The van der Waals surface area contributed by atoms with Crippen LogP contribution in [0.4, 0.5) is 5.69 Å². The van der Waals surface area contributed by atoms with Gasteiger partial charge in [0, 0.05) is 17.7 Å². The third-order valence-electron chi connectivity index (χ3n) is 3.14. The summed E-state index contributed by atoms with van der Waals surface area (Å²) in [7, 11) is 1.25. The predicted octanol–water partition coefficient (Wildman–Crippen LogP) is 1.86. The molecule has 0 amide bonds. The van der Waals surface area contributed by atoms with E-state index in [1.165, 1.54) is 55.6 Å². The maximum atomic E-state index is 11.9. The van der Waals surface area contributed by atoms with Crippen molar-refractivity contribution in [2.45, 2.75) is 0 Å². The number of carbonyl (C=O) groups excluding carboxylic acids is 2. The number of rotatable bonds is 5. The molecule has 0 saturated carbocycles. The topological polar surface area (TPSA) is 134 Å². The highest BCUT2D eigenvalue weighted by molar-refractivity contribution is 5.98. The molecule has 0 unspecified atom stereocenters. The van der Waals surface area contributed by atoms with Gasteiger partial charge in [-0.3, -0.25) is 10.1 Å². The average molecular weight is 343 g/mol. The molecule has 0 bridgehead atoms. The van der Waals surface area contributed by atoms with E-state index in [1.807, 2.05) is 0 Å². The lowest BCUT2D eigenvalue weighted by atomic mass is 10.1. The average Bonchev–Trinajstić information content (AvgIpc) is 2.65. The Balaban J connectivity index is 2.05. The van der Waals surface area contributed by atoms with Crippen LogP contribution >= 0.6 is 0 Å². The fourth-order valence-electron chi connectivity index (χ4n) is 1.81. The minimum absolute atomic E-state index is 0.0979. The molecule has 25 heavy (non-hydrogen) atoms. The van der Waals surface area contributed by atoms with Gasteiger partial charge in [-0.2, -0.15) is 0 Å². The summed E-state index contributed by atoms with van der Waals surface area (Å²) < 4.78 is 4.55. The summed E-state index contributed by atoms with van der Waals surface area (Å²) in [5, 5.41) is 14.1.